The zero-order valence-corrected chi connectivity index (χ0v) is 18.0. The van der Waals surface area contributed by atoms with Gasteiger partial charge in [-0.15, -0.1) is 0 Å². The summed E-state index contributed by atoms with van der Waals surface area (Å²) in [7, 11) is 0. The normalized spacial score (nSPS) is 28.0. The minimum atomic E-state index is -2.85. The molecule has 2 aromatic carbocycles. The zero-order chi connectivity index (χ0) is 16.3. The second-order valence-electron chi connectivity index (χ2n) is 7.87. The number of hydrogen-bond donors (Lipinski definition) is 0. The Morgan fingerprint density at radius 3 is 1.48 bits per heavy atom. The quantitative estimate of drug-likeness (QED) is 0.468. The molecule has 1 heteroatoms. The molecule has 2 unspecified atom stereocenters. The van der Waals surface area contributed by atoms with Crippen LogP contribution in [0.15, 0.2) is 60.7 Å². The summed E-state index contributed by atoms with van der Waals surface area (Å²) in [5, 5.41) is 0. The van der Waals surface area contributed by atoms with E-state index in [-0.39, 0.29) is 6.34 Å². The van der Waals surface area contributed by atoms with Crippen molar-refractivity contribution in [3.63, 3.8) is 0 Å². The van der Waals surface area contributed by atoms with Gasteiger partial charge in [0.25, 0.3) is 0 Å². The summed E-state index contributed by atoms with van der Waals surface area (Å²) in [4.78, 5) is 0. The summed E-state index contributed by atoms with van der Waals surface area (Å²) in [6, 6.07) is 18.0. The van der Waals surface area contributed by atoms with Gasteiger partial charge in [0.2, 0.25) is 0 Å². The molecular formula is C22H24Hf. The Kier molecular flexibility index (Phi) is 3.26. The van der Waals surface area contributed by atoms with Gasteiger partial charge in [0.15, 0.2) is 0 Å². The molecule has 0 saturated carbocycles. The van der Waals surface area contributed by atoms with Crippen LogP contribution in [0.5, 0.6) is 0 Å². The van der Waals surface area contributed by atoms with E-state index >= 15 is 0 Å². The number of rotatable bonds is 2. The van der Waals surface area contributed by atoms with Crippen molar-refractivity contribution in [1.29, 1.82) is 0 Å². The van der Waals surface area contributed by atoms with Gasteiger partial charge in [0.05, 0.1) is 0 Å². The second kappa shape index (κ2) is 4.89. The van der Waals surface area contributed by atoms with E-state index in [4.69, 9.17) is 0 Å². The average Bonchev–Trinajstić information content (AvgIpc) is 3.09. The van der Waals surface area contributed by atoms with Crippen LogP contribution in [-0.2, 0) is 26.3 Å². The molecule has 0 aliphatic heterocycles. The molecule has 0 nitrogen and oxygen atoms in total. The molecule has 0 radical (unpaired) electrons. The molecule has 0 fully saturated rings. The van der Waals surface area contributed by atoms with Gasteiger partial charge in [0, 0.05) is 0 Å². The first-order chi connectivity index (χ1) is 10.9. The standard InChI is InChI=1S/2C10H9.2CH3.Hf/c2*1-8-6-7-9-4-2-3-5-10(8)9;;;/h2*2-7H,1H3;2*1H3;. The Labute approximate surface area is 144 Å². The van der Waals surface area contributed by atoms with Crippen molar-refractivity contribution in [2.75, 3.05) is 0 Å². The number of allylic oxidation sites excluding steroid dienone is 2. The Morgan fingerprint density at radius 2 is 1.04 bits per heavy atom. The van der Waals surface area contributed by atoms with Crippen molar-refractivity contribution >= 4 is 12.2 Å². The van der Waals surface area contributed by atoms with Crippen LogP contribution in [0.4, 0.5) is 0 Å². The van der Waals surface area contributed by atoms with Crippen LogP contribution in [0.1, 0.15) is 36.1 Å². The molecule has 0 N–H and O–H groups in total. The number of hydrogen-bond acceptors (Lipinski definition) is 0. The van der Waals surface area contributed by atoms with Gasteiger partial charge in [-0.1, -0.05) is 0 Å². The van der Waals surface area contributed by atoms with Gasteiger partial charge in [-0.05, 0) is 0 Å². The van der Waals surface area contributed by atoms with Gasteiger partial charge < -0.3 is 0 Å². The summed E-state index contributed by atoms with van der Waals surface area (Å²) >= 11 is -2.85. The van der Waals surface area contributed by atoms with Gasteiger partial charge in [-0.2, -0.15) is 0 Å². The van der Waals surface area contributed by atoms with Crippen LogP contribution >= 0.6 is 0 Å². The van der Waals surface area contributed by atoms with Crippen molar-refractivity contribution < 1.29 is 20.0 Å². The first kappa shape index (κ1) is 15.3. The van der Waals surface area contributed by atoms with E-state index in [1.54, 1.807) is 11.1 Å². The molecule has 0 saturated heterocycles. The van der Waals surface area contributed by atoms with Crippen LogP contribution in [0.25, 0.3) is 12.2 Å². The van der Waals surface area contributed by atoms with Crippen LogP contribution in [0.2, 0.25) is 9.36 Å². The molecular weight excluding hydrogens is 443 g/mol. The van der Waals surface area contributed by atoms with E-state index in [0.717, 1.165) is 0 Å². The average molecular weight is 467 g/mol. The zero-order valence-electron chi connectivity index (χ0n) is 14.4. The summed E-state index contributed by atoms with van der Waals surface area (Å²) in [6.45, 7) is 4.99. The predicted molar refractivity (Wildman–Crippen MR) is 97.4 cm³/mol. The minimum absolute atomic E-state index is 0.236. The van der Waals surface area contributed by atoms with E-state index in [9.17, 15) is 0 Å². The van der Waals surface area contributed by atoms with E-state index in [0.29, 0.717) is 0 Å². The fourth-order valence-corrected chi connectivity index (χ4v) is 18.5. The van der Waals surface area contributed by atoms with Gasteiger partial charge in [-0.3, -0.25) is 0 Å². The predicted octanol–water partition coefficient (Wildman–Crippen LogP) is 6.12. The molecule has 2 aromatic rings. The first-order valence-corrected chi connectivity index (χ1v) is 19.3. The fourth-order valence-electron chi connectivity index (χ4n) is 4.55. The SMILES string of the molecule is C[C]1([Hf]([CH3])([CH3])[C]2(C)C=Cc3ccccc32)C=Cc2ccccc21. The van der Waals surface area contributed by atoms with Crippen molar-refractivity contribution in [3.8, 4) is 0 Å². The van der Waals surface area contributed by atoms with Crippen molar-refractivity contribution in [1.82, 2.24) is 0 Å². The maximum absolute atomic E-state index is 2.85. The summed E-state index contributed by atoms with van der Waals surface area (Å²) in [5.41, 5.74) is 5.93. The van der Waals surface area contributed by atoms with E-state index < -0.39 is 20.0 Å². The van der Waals surface area contributed by atoms with Crippen molar-refractivity contribution in [2.24, 2.45) is 0 Å². The van der Waals surface area contributed by atoms with Gasteiger partial charge >= 0.3 is 145 Å². The van der Waals surface area contributed by atoms with Crippen molar-refractivity contribution in [2.45, 2.75) is 29.6 Å². The molecule has 2 atom stereocenters. The first-order valence-electron chi connectivity index (χ1n) is 8.48. The number of benzene rings is 2. The number of fused-ring (bicyclic) bond motifs is 2. The topological polar surface area (TPSA) is 0 Å². The van der Waals surface area contributed by atoms with Crippen molar-refractivity contribution in [3.05, 3.63) is 82.9 Å². The molecule has 2 aliphatic rings. The van der Waals surface area contributed by atoms with Crippen LogP contribution in [-0.4, -0.2) is 0 Å². The summed E-state index contributed by atoms with van der Waals surface area (Å²) < 4.78 is 5.76. The Bertz CT molecular complexity index is 773. The van der Waals surface area contributed by atoms with E-state index in [1.807, 2.05) is 0 Å². The molecule has 0 spiro atoms. The van der Waals surface area contributed by atoms with Crippen LogP contribution in [0.3, 0.4) is 0 Å². The third-order valence-electron chi connectivity index (χ3n) is 6.83. The Morgan fingerprint density at radius 1 is 0.652 bits per heavy atom. The third-order valence-corrected chi connectivity index (χ3v) is 28.6. The fraction of sp³-hybridized carbons (Fsp3) is 0.273. The third kappa shape index (κ3) is 1.86. The molecule has 23 heavy (non-hydrogen) atoms. The molecule has 0 amide bonds. The molecule has 0 bridgehead atoms. The Hall–Kier alpha value is -1.21. The Balaban J connectivity index is 1.90. The van der Waals surface area contributed by atoms with Gasteiger partial charge in [0.1, 0.15) is 0 Å². The summed E-state index contributed by atoms with van der Waals surface area (Å²) in [6.07, 6.45) is 9.73. The molecule has 4 rings (SSSR count). The molecule has 116 valence electrons. The van der Waals surface area contributed by atoms with Gasteiger partial charge in [-0.25, -0.2) is 0 Å². The van der Waals surface area contributed by atoms with E-state index in [2.05, 4.69) is 96.0 Å². The van der Waals surface area contributed by atoms with E-state index in [1.165, 1.54) is 11.1 Å². The summed E-state index contributed by atoms with van der Waals surface area (Å²) in [5.74, 6) is 0. The monoisotopic (exact) mass is 468 g/mol. The molecule has 2 aliphatic carbocycles. The van der Waals surface area contributed by atoms with Crippen LogP contribution < -0.4 is 0 Å². The maximum atomic E-state index is 2.64. The van der Waals surface area contributed by atoms with Crippen LogP contribution in [0, 0.1) is 0 Å². The molecule has 0 aromatic heterocycles. The molecule has 0 heterocycles. The second-order valence-corrected chi connectivity index (χ2v) is 27.0.